The summed E-state index contributed by atoms with van der Waals surface area (Å²) in [6.07, 6.45) is 2.10. The Bertz CT molecular complexity index is 907. The van der Waals surface area contributed by atoms with E-state index in [2.05, 4.69) is 15.2 Å². The normalized spacial score (nSPS) is 13.1. The molecule has 1 N–H and O–H groups in total. The standard InChI is InChI=1S/C20H20F2N2O6/c1-26-17-9-13(3-5-16(17)30-20(21)22)11-23-29-12-19(25)24-14-4-6-15-18(10-14)28-8-2-7-27-15/h3-6,9-11,20H,2,7-8,12H2,1H3,(H,24,25)/b23-11+. The van der Waals surface area contributed by atoms with Gasteiger partial charge in [-0.05, 0) is 30.3 Å². The zero-order valence-electron chi connectivity index (χ0n) is 16.1. The SMILES string of the molecule is COc1cc(/C=N/OCC(=O)Nc2ccc3c(c2)OCCCO3)ccc1OC(F)F. The van der Waals surface area contributed by atoms with Crippen molar-refractivity contribution in [2.45, 2.75) is 13.0 Å². The van der Waals surface area contributed by atoms with Crippen molar-refractivity contribution in [3.8, 4) is 23.0 Å². The summed E-state index contributed by atoms with van der Waals surface area (Å²) in [5.41, 5.74) is 1.05. The molecule has 1 aliphatic heterocycles. The van der Waals surface area contributed by atoms with Crippen LogP contribution >= 0.6 is 0 Å². The van der Waals surface area contributed by atoms with Gasteiger partial charge in [0.1, 0.15) is 0 Å². The molecule has 10 heteroatoms. The number of nitrogens with one attached hydrogen (secondary N) is 1. The first kappa shape index (κ1) is 21.2. The highest BCUT2D eigenvalue weighted by atomic mass is 19.3. The van der Waals surface area contributed by atoms with Crippen molar-refractivity contribution < 1.29 is 37.4 Å². The number of nitrogens with zero attached hydrogens (tertiary/aromatic N) is 1. The quantitative estimate of drug-likeness (QED) is 0.518. The molecular weight excluding hydrogens is 402 g/mol. The van der Waals surface area contributed by atoms with E-state index in [0.717, 1.165) is 6.42 Å². The molecule has 0 atom stereocenters. The Morgan fingerprint density at radius 1 is 1.17 bits per heavy atom. The zero-order chi connectivity index (χ0) is 21.3. The molecule has 0 fully saturated rings. The Hall–Kier alpha value is -3.56. The number of hydrogen-bond donors (Lipinski definition) is 1. The third kappa shape index (κ3) is 5.97. The average Bonchev–Trinajstić information content (AvgIpc) is 2.96. The second kappa shape index (κ2) is 10.3. The molecule has 160 valence electrons. The minimum atomic E-state index is -2.96. The number of hydrogen-bond acceptors (Lipinski definition) is 7. The van der Waals surface area contributed by atoms with Crippen LogP contribution in [0.4, 0.5) is 14.5 Å². The highest BCUT2D eigenvalue weighted by molar-refractivity contribution is 5.92. The van der Waals surface area contributed by atoms with Gasteiger partial charge in [0.2, 0.25) is 0 Å². The number of carbonyl (C=O) groups is 1. The summed E-state index contributed by atoms with van der Waals surface area (Å²) >= 11 is 0. The van der Waals surface area contributed by atoms with Crippen LogP contribution < -0.4 is 24.3 Å². The molecule has 0 radical (unpaired) electrons. The summed E-state index contributed by atoms with van der Waals surface area (Å²) in [4.78, 5) is 17.0. The molecule has 8 nitrogen and oxygen atoms in total. The number of halogens is 2. The fourth-order valence-corrected chi connectivity index (χ4v) is 2.59. The van der Waals surface area contributed by atoms with Crippen molar-refractivity contribution in [3.63, 3.8) is 0 Å². The maximum Gasteiger partial charge on any atom is 0.387 e. The van der Waals surface area contributed by atoms with Gasteiger partial charge in [0.25, 0.3) is 5.91 Å². The summed E-state index contributed by atoms with van der Waals surface area (Å²) in [5.74, 6) is 0.801. The van der Waals surface area contributed by atoms with Crippen LogP contribution in [-0.2, 0) is 9.63 Å². The van der Waals surface area contributed by atoms with Crippen LogP contribution in [0.2, 0.25) is 0 Å². The van der Waals surface area contributed by atoms with E-state index in [-0.39, 0.29) is 18.1 Å². The smallest absolute Gasteiger partial charge is 0.387 e. The van der Waals surface area contributed by atoms with Crippen molar-refractivity contribution in [2.75, 3.05) is 32.2 Å². The summed E-state index contributed by atoms with van der Waals surface area (Å²) in [6, 6.07) is 9.36. The highest BCUT2D eigenvalue weighted by Crippen LogP contribution is 2.32. The van der Waals surface area contributed by atoms with E-state index >= 15 is 0 Å². The predicted molar refractivity (Wildman–Crippen MR) is 104 cm³/mol. The molecule has 0 saturated heterocycles. The lowest BCUT2D eigenvalue weighted by Crippen LogP contribution is -2.17. The molecule has 1 amide bonds. The molecule has 3 rings (SSSR count). The highest BCUT2D eigenvalue weighted by Gasteiger charge is 2.12. The van der Waals surface area contributed by atoms with E-state index in [4.69, 9.17) is 19.0 Å². The molecule has 30 heavy (non-hydrogen) atoms. The van der Waals surface area contributed by atoms with Crippen LogP contribution in [0.5, 0.6) is 23.0 Å². The maximum atomic E-state index is 12.3. The number of amides is 1. The van der Waals surface area contributed by atoms with Crippen LogP contribution in [0.3, 0.4) is 0 Å². The Morgan fingerprint density at radius 3 is 2.73 bits per heavy atom. The minimum absolute atomic E-state index is 0.0971. The van der Waals surface area contributed by atoms with Crippen LogP contribution in [0.1, 0.15) is 12.0 Å². The number of carbonyl (C=O) groups excluding carboxylic acids is 1. The number of alkyl halides is 2. The number of methoxy groups -OCH3 is 1. The maximum absolute atomic E-state index is 12.3. The second-order valence-corrected chi connectivity index (χ2v) is 6.06. The fraction of sp³-hybridized carbons (Fsp3) is 0.300. The lowest BCUT2D eigenvalue weighted by molar-refractivity contribution is -0.120. The third-order valence-electron chi connectivity index (χ3n) is 3.91. The Morgan fingerprint density at radius 2 is 1.97 bits per heavy atom. The molecule has 0 unspecified atom stereocenters. The lowest BCUT2D eigenvalue weighted by atomic mass is 10.2. The van der Waals surface area contributed by atoms with Crippen LogP contribution in [0, 0.1) is 0 Å². The monoisotopic (exact) mass is 422 g/mol. The van der Waals surface area contributed by atoms with Gasteiger partial charge >= 0.3 is 6.61 Å². The molecule has 0 aliphatic carbocycles. The number of benzene rings is 2. The van der Waals surface area contributed by atoms with E-state index < -0.39 is 12.5 Å². The van der Waals surface area contributed by atoms with Crippen molar-refractivity contribution in [1.29, 1.82) is 0 Å². The number of rotatable bonds is 8. The van der Waals surface area contributed by atoms with E-state index in [1.54, 1.807) is 18.2 Å². The average molecular weight is 422 g/mol. The third-order valence-corrected chi connectivity index (χ3v) is 3.91. The van der Waals surface area contributed by atoms with Gasteiger partial charge in [0, 0.05) is 23.7 Å². The summed E-state index contributed by atoms with van der Waals surface area (Å²) in [5, 5.41) is 6.37. The predicted octanol–water partition coefficient (Wildman–Crippen LogP) is 3.45. The van der Waals surface area contributed by atoms with Gasteiger partial charge in [-0.1, -0.05) is 5.16 Å². The van der Waals surface area contributed by atoms with Gasteiger partial charge < -0.3 is 29.1 Å². The van der Waals surface area contributed by atoms with Gasteiger partial charge in [-0.15, -0.1) is 0 Å². The van der Waals surface area contributed by atoms with Gasteiger partial charge in [0.15, 0.2) is 29.6 Å². The minimum Gasteiger partial charge on any atom is -0.493 e. The first-order valence-electron chi connectivity index (χ1n) is 9.03. The molecular formula is C20H20F2N2O6. The first-order valence-corrected chi connectivity index (χ1v) is 9.03. The van der Waals surface area contributed by atoms with E-state index in [9.17, 15) is 13.6 Å². The number of ether oxygens (including phenoxy) is 4. The number of oxime groups is 1. The van der Waals surface area contributed by atoms with Gasteiger partial charge in [-0.2, -0.15) is 8.78 Å². The van der Waals surface area contributed by atoms with Crippen molar-refractivity contribution >= 4 is 17.8 Å². The summed E-state index contributed by atoms with van der Waals surface area (Å²) in [6.45, 7) is -2.16. The fourth-order valence-electron chi connectivity index (χ4n) is 2.59. The summed E-state index contributed by atoms with van der Waals surface area (Å²) < 4.78 is 45.1. The molecule has 0 bridgehead atoms. The van der Waals surface area contributed by atoms with Crippen molar-refractivity contribution in [3.05, 3.63) is 42.0 Å². The largest absolute Gasteiger partial charge is 0.493 e. The van der Waals surface area contributed by atoms with Gasteiger partial charge in [0.05, 0.1) is 26.5 Å². The number of fused-ring (bicyclic) bond motifs is 1. The van der Waals surface area contributed by atoms with Crippen LogP contribution in [-0.4, -0.2) is 45.7 Å². The molecule has 1 aliphatic rings. The van der Waals surface area contributed by atoms with E-state index in [0.29, 0.717) is 36.0 Å². The lowest BCUT2D eigenvalue weighted by Gasteiger charge is -2.10. The molecule has 0 spiro atoms. The topological polar surface area (TPSA) is 87.6 Å². The Balaban J connectivity index is 1.50. The van der Waals surface area contributed by atoms with E-state index in [1.807, 2.05) is 0 Å². The van der Waals surface area contributed by atoms with Crippen molar-refractivity contribution in [1.82, 2.24) is 0 Å². The van der Waals surface area contributed by atoms with Crippen LogP contribution in [0.15, 0.2) is 41.6 Å². The van der Waals surface area contributed by atoms with Crippen molar-refractivity contribution in [2.24, 2.45) is 5.16 Å². The molecule has 0 saturated carbocycles. The van der Waals surface area contributed by atoms with E-state index in [1.165, 1.54) is 31.5 Å². The second-order valence-electron chi connectivity index (χ2n) is 6.06. The van der Waals surface area contributed by atoms with Gasteiger partial charge in [-0.25, -0.2) is 0 Å². The Kier molecular flexibility index (Phi) is 7.25. The molecule has 2 aromatic carbocycles. The number of anilines is 1. The summed E-state index contributed by atoms with van der Waals surface area (Å²) in [7, 11) is 1.33. The first-order chi connectivity index (χ1) is 14.5. The van der Waals surface area contributed by atoms with Crippen LogP contribution in [0.25, 0.3) is 0 Å². The zero-order valence-corrected chi connectivity index (χ0v) is 16.1. The Labute approximate surface area is 171 Å². The van der Waals surface area contributed by atoms with Gasteiger partial charge in [-0.3, -0.25) is 4.79 Å². The molecule has 2 aromatic rings. The molecule has 1 heterocycles. The molecule has 0 aromatic heterocycles.